The Morgan fingerprint density at radius 1 is 1.28 bits per heavy atom. The average Bonchev–Trinajstić information content (AvgIpc) is 2.39. The lowest BCUT2D eigenvalue weighted by Gasteiger charge is -2.11. The van der Waals surface area contributed by atoms with Crippen molar-refractivity contribution in [3.63, 3.8) is 0 Å². The number of fused-ring (bicyclic) bond motifs is 1. The first-order valence-electron chi connectivity index (χ1n) is 5.55. The Morgan fingerprint density at radius 3 is 2.56 bits per heavy atom. The van der Waals surface area contributed by atoms with Crippen LogP contribution in [0.1, 0.15) is 5.56 Å². The second-order valence-corrected chi connectivity index (χ2v) is 3.98. The molecule has 94 valence electrons. The van der Waals surface area contributed by atoms with Gasteiger partial charge >= 0.3 is 5.97 Å². The van der Waals surface area contributed by atoms with E-state index in [1.54, 1.807) is 19.2 Å². The topological polar surface area (TPSA) is 46.5 Å². The van der Waals surface area contributed by atoms with Gasteiger partial charge in [-0.3, -0.25) is 0 Å². The molecule has 2 aromatic carbocycles. The van der Waals surface area contributed by atoms with E-state index in [1.165, 1.54) is 0 Å². The van der Waals surface area contributed by atoms with Crippen molar-refractivity contribution in [2.45, 2.75) is 12.6 Å². The SMILES string of the molecule is COc1ccc(CC(F)C(=O)O)c2ccccc12. The fourth-order valence-electron chi connectivity index (χ4n) is 1.97. The van der Waals surface area contributed by atoms with Crippen molar-refractivity contribution >= 4 is 16.7 Å². The van der Waals surface area contributed by atoms with Crippen molar-refractivity contribution in [3.05, 3.63) is 42.0 Å². The Morgan fingerprint density at radius 2 is 1.94 bits per heavy atom. The van der Waals surface area contributed by atoms with E-state index in [0.29, 0.717) is 11.3 Å². The summed E-state index contributed by atoms with van der Waals surface area (Å²) in [6.07, 6.45) is -2.03. The zero-order valence-electron chi connectivity index (χ0n) is 9.89. The van der Waals surface area contributed by atoms with Gasteiger partial charge in [0.1, 0.15) is 5.75 Å². The number of aliphatic carboxylic acids is 1. The lowest BCUT2D eigenvalue weighted by atomic mass is 9.99. The van der Waals surface area contributed by atoms with Crippen LogP contribution in [-0.2, 0) is 11.2 Å². The number of carbonyl (C=O) groups is 1. The maximum absolute atomic E-state index is 13.3. The first kappa shape index (κ1) is 12.4. The minimum atomic E-state index is -1.89. The summed E-state index contributed by atoms with van der Waals surface area (Å²) in [4.78, 5) is 10.6. The van der Waals surface area contributed by atoms with Crippen LogP contribution < -0.4 is 4.74 Å². The van der Waals surface area contributed by atoms with E-state index in [2.05, 4.69) is 0 Å². The largest absolute Gasteiger partial charge is 0.496 e. The number of rotatable bonds is 4. The molecule has 0 saturated carbocycles. The van der Waals surface area contributed by atoms with Gasteiger partial charge in [0.05, 0.1) is 7.11 Å². The molecule has 0 aliphatic rings. The predicted molar refractivity (Wildman–Crippen MR) is 66.7 cm³/mol. The highest BCUT2D eigenvalue weighted by Gasteiger charge is 2.18. The fraction of sp³-hybridized carbons (Fsp3) is 0.214. The molecule has 0 fully saturated rings. The molecule has 0 saturated heterocycles. The highest BCUT2D eigenvalue weighted by molar-refractivity contribution is 5.91. The van der Waals surface area contributed by atoms with Gasteiger partial charge in [-0.15, -0.1) is 0 Å². The maximum atomic E-state index is 13.3. The zero-order valence-corrected chi connectivity index (χ0v) is 9.89. The normalized spacial score (nSPS) is 12.3. The van der Waals surface area contributed by atoms with Gasteiger partial charge in [0.2, 0.25) is 6.17 Å². The maximum Gasteiger partial charge on any atom is 0.338 e. The van der Waals surface area contributed by atoms with Crippen molar-refractivity contribution in [1.82, 2.24) is 0 Å². The third-order valence-corrected chi connectivity index (χ3v) is 2.86. The van der Waals surface area contributed by atoms with E-state index in [1.807, 2.05) is 24.3 Å². The molecule has 3 nitrogen and oxygen atoms in total. The van der Waals surface area contributed by atoms with Crippen LogP contribution in [0.3, 0.4) is 0 Å². The monoisotopic (exact) mass is 248 g/mol. The number of benzene rings is 2. The Hall–Kier alpha value is -2.10. The molecule has 4 heteroatoms. The minimum absolute atomic E-state index is 0.139. The van der Waals surface area contributed by atoms with Crippen LogP contribution in [0.4, 0.5) is 4.39 Å². The highest BCUT2D eigenvalue weighted by atomic mass is 19.1. The van der Waals surface area contributed by atoms with Gasteiger partial charge in [0.15, 0.2) is 0 Å². The van der Waals surface area contributed by atoms with Gasteiger partial charge in [-0.1, -0.05) is 30.3 Å². The molecule has 0 spiro atoms. The lowest BCUT2D eigenvalue weighted by molar-refractivity contribution is -0.142. The molecule has 18 heavy (non-hydrogen) atoms. The van der Waals surface area contributed by atoms with Crippen molar-refractivity contribution in [1.29, 1.82) is 0 Å². The Bertz CT molecular complexity index is 580. The standard InChI is InChI=1S/C14H13FO3/c1-18-13-7-6-9(8-12(15)14(16)17)10-4-2-3-5-11(10)13/h2-7,12H,8H2,1H3,(H,16,17). The van der Waals surface area contributed by atoms with E-state index >= 15 is 0 Å². The van der Waals surface area contributed by atoms with Gasteiger partial charge < -0.3 is 9.84 Å². The molecule has 0 radical (unpaired) electrons. The number of carboxylic acid groups (broad SMARTS) is 1. The number of ether oxygens (including phenoxy) is 1. The van der Waals surface area contributed by atoms with Crippen molar-refractivity contribution in [2.24, 2.45) is 0 Å². The first-order valence-corrected chi connectivity index (χ1v) is 5.55. The summed E-state index contributed by atoms with van der Waals surface area (Å²) in [5, 5.41) is 10.3. The van der Waals surface area contributed by atoms with Crippen LogP contribution in [0, 0.1) is 0 Å². The third-order valence-electron chi connectivity index (χ3n) is 2.86. The van der Waals surface area contributed by atoms with E-state index < -0.39 is 12.1 Å². The molecule has 0 bridgehead atoms. The summed E-state index contributed by atoms with van der Waals surface area (Å²) >= 11 is 0. The van der Waals surface area contributed by atoms with Gasteiger partial charge in [0, 0.05) is 11.8 Å². The van der Waals surface area contributed by atoms with Crippen molar-refractivity contribution in [2.75, 3.05) is 7.11 Å². The van der Waals surface area contributed by atoms with Crippen LogP contribution in [-0.4, -0.2) is 24.4 Å². The molecule has 0 aliphatic heterocycles. The number of halogens is 1. The van der Waals surface area contributed by atoms with Crippen LogP contribution in [0.15, 0.2) is 36.4 Å². The molecule has 0 heterocycles. The van der Waals surface area contributed by atoms with Gasteiger partial charge in [0.25, 0.3) is 0 Å². The fourth-order valence-corrected chi connectivity index (χ4v) is 1.97. The van der Waals surface area contributed by atoms with Crippen LogP contribution in [0.2, 0.25) is 0 Å². The molecule has 2 rings (SSSR count). The minimum Gasteiger partial charge on any atom is -0.496 e. The zero-order chi connectivity index (χ0) is 13.1. The first-order chi connectivity index (χ1) is 8.63. The highest BCUT2D eigenvalue weighted by Crippen LogP contribution is 2.29. The molecular weight excluding hydrogens is 235 g/mol. The van der Waals surface area contributed by atoms with Gasteiger partial charge in [-0.25, -0.2) is 9.18 Å². The Kier molecular flexibility index (Phi) is 3.46. The van der Waals surface area contributed by atoms with E-state index in [9.17, 15) is 9.18 Å². The van der Waals surface area contributed by atoms with Crippen LogP contribution in [0.5, 0.6) is 5.75 Å². The lowest BCUT2D eigenvalue weighted by Crippen LogP contribution is -2.17. The summed E-state index contributed by atoms with van der Waals surface area (Å²) < 4.78 is 18.5. The second kappa shape index (κ2) is 5.04. The average molecular weight is 248 g/mol. The number of hydrogen-bond acceptors (Lipinski definition) is 2. The molecule has 0 aliphatic carbocycles. The smallest absolute Gasteiger partial charge is 0.338 e. The number of alkyl halides is 1. The molecule has 0 amide bonds. The van der Waals surface area contributed by atoms with E-state index in [0.717, 1.165) is 10.8 Å². The number of carboxylic acids is 1. The number of hydrogen-bond donors (Lipinski definition) is 1. The van der Waals surface area contributed by atoms with Gasteiger partial charge in [-0.2, -0.15) is 0 Å². The summed E-state index contributed by atoms with van der Waals surface area (Å²) in [6, 6.07) is 10.8. The quantitative estimate of drug-likeness (QED) is 0.905. The molecule has 1 N–H and O–H groups in total. The van der Waals surface area contributed by atoms with Crippen molar-refractivity contribution < 1.29 is 19.0 Å². The third kappa shape index (κ3) is 2.27. The summed E-state index contributed by atoms with van der Waals surface area (Å²) in [5.74, 6) is -0.741. The molecule has 2 aromatic rings. The summed E-state index contributed by atoms with van der Waals surface area (Å²) in [6.45, 7) is 0. The Labute approximate surface area is 104 Å². The van der Waals surface area contributed by atoms with E-state index in [-0.39, 0.29) is 6.42 Å². The van der Waals surface area contributed by atoms with Crippen LogP contribution >= 0.6 is 0 Å². The van der Waals surface area contributed by atoms with Crippen LogP contribution in [0.25, 0.3) is 10.8 Å². The van der Waals surface area contributed by atoms with E-state index in [4.69, 9.17) is 9.84 Å². The number of methoxy groups -OCH3 is 1. The summed E-state index contributed by atoms with van der Waals surface area (Å²) in [7, 11) is 1.57. The predicted octanol–water partition coefficient (Wildman–Crippen LogP) is 2.81. The molecule has 1 unspecified atom stereocenters. The molecular formula is C14H13FO3. The Balaban J connectivity index is 2.49. The van der Waals surface area contributed by atoms with Crippen molar-refractivity contribution in [3.8, 4) is 5.75 Å². The molecule has 1 atom stereocenters. The molecule has 0 aromatic heterocycles. The van der Waals surface area contributed by atoms with Gasteiger partial charge in [-0.05, 0) is 17.0 Å². The second-order valence-electron chi connectivity index (χ2n) is 3.98. The summed E-state index contributed by atoms with van der Waals surface area (Å²) in [5.41, 5.74) is 0.668.